The fourth-order valence-electron chi connectivity index (χ4n) is 10.1. The van der Waals surface area contributed by atoms with Gasteiger partial charge in [0.2, 0.25) is 0 Å². The lowest BCUT2D eigenvalue weighted by Crippen LogP contribution is -2.64. The van der Waals surface area contributed by atoms with Gasteiger partial charge in [0.05, 0.1) is 25.2 Å². The van der Waals surface area contributed by atoms with E-state index in [4.69, 9.17) is 14.2 Å². The van der Waals surface area contributed by atoms with Crippen molar-refractivity contribution in [1.82, 2.24) is 4.90 Å². The fourth-order valence-corrected chi connectivity index (χ4v) is 10.1. The van der Waals surface area contributed by atoms with Gasteiger partial charge in [-0.25, -0.2) is 0 Å². The maximum atomic E-state index is 13.6. The summed E-state index contributed by atoms with van der Waals surface area (Å²) in [7, 11) is 1.67. The van der Waals surface area contributed by atoms with E-state index in [0.29, 0.717) is 31.4 Å². The number of carboxylic acid groups (broad SMARTS) is 1. The molecule has 1 aromatic rings. The predicted octanol–water partition coefficient (Wildman–Crippen LogP) is 5.18. The van der Waals surface area contributed by atoms with Gasteiger partial charge in [-0.1, -0.05) is 51.0 Å². The van der Waals surface area contributed by atoms with Gasteiger partial charge in [0.1, 0.15) is 17.5 Å². The molecule has 1 N–H and O–H groups in total. The molecule has 0 aromatic heterocycles. The SMILES string of the molecule is COc1ccc(CN2C[C@H](OCC34C[C@@H]5[C@H](C)CC[C@H]5[C@@]5(C=O)C[C@H]3C=C(C(C)C)[C@@]45C(=O)O)O[C@H](C)C2)cc1. The zero-order chi connectivity index (χ0) is 28.4. The number of methoxy groups -OCH3 is 1. The molecule has 1 saturated heterocycles. The molecule has 1 unspecified atom stereocenters. The van der Waals surface area contributed by atoms with E-state index in [9.17, 15) is 14.7 Å². The third kappa shape index (κ3) is 3.73. The van der Waals surface area contributed by atoms with Gasteiger partial charge in [0.25, 0.3) is 0 Å². The van der Waals surface area contributed by atoms with Crippen molar-refractivity contribution < 1.29 is 28.9 Å². The molecule has 218 valence electrons. The first-order valence-corrected chi connectivity index (χ1v) is 15.2. The van der Waals surface area contributed by atoms with Crippen LogP contribution in [0.4, 0.5) is 0 Å². The Hall–Kier alpha value is -2.22. The molecule has 0 radical (unpaired) electrons. The number of allylic oxidation sites excluding steroid dienone is 1. The summed E-state index contributed by atoms with van der Waals surface area (Å²) in [6, 6.07) is 8.12. The highest BCUT2D eigenvalue weighted by molar-refractivity contribution is 5.90. The Morgan fingerprint density at radius 3 is 2.58 bits per heavy atom. The number of nitrogens with zero attached hydrogens (tertiary/aromatic N) is 1. The van der Waals surface area contributed by atoms with Crippen molar-refractivity contribution in [3.05, 3.63) is 41.5 Å². The molecular weight excluding hydrogens is 506 g/mol. The molecule has 40 heavy (non-hydrogen) atoms. The number of benzene rings is 1. The van der Waals surface area contributed by atoms with E-state index in [1.165, 1.54) is 5.56 Å². The number of ether oxygens (including phenoxy) is 3. The van der Waals surface area contributed by atoms with E-state index >= 15 is 0 Å². The van der Waals surface area contributed by atoms with Crippen LogP contribution in [-0.4, -0.2) is 61.5 Å². The largest absolute Gasteiger partial charge is 0.497 e. The van der Waals surface area contributed by atoms with Crippen LogP contribution in [0.15, 0.2) is 35.9 Å². The molecule has 7 nitrogen and oxygen atoms in total. The van der Waals surface area contributed by atoms with Gasteiger partial charge in [-0.2, -0.15) is 0 Å². The molecule has 9 atom stereocenters. The lowest BCUT2D eigenvalue weighted by atomic mass is 9.43. The topological polar surface area (TPSA) is 85.3 Å². The zero-order valence-electron chi connectivity index (χ0n) is 24.6. The summed E-state index contributed by atoms with van der Waals surface area (Å²) < 4.78 is 18.3. The quantitative estimate of drug-likeness (QED) is 0.334. The van der Waals surface area contributed by atoms with Crippen LogP contribution in [0.3, 0.4) is 0 Å². The van der Waals surface area contributed by atoms with E-state index in [1.807, 2.05) is 12.1 Å². The zero-order valence-corrected chi connectivity index (χ0v) is 24.6. The second-order valence-corrected chi connectivity index (χ2v) is 13.7. The minimum absolute atomic E-state index is 0.00719. The van der Waals surface area contributed by atoms with Crippen molar-refractivity contribution in [1.29, 1.82) is 0 Å². The van der Waals surface area contributed by atoms with Gasteiger partial charge in [-0.15, -0.1) is 0 Å². The molecule has 1 aromatic carbocycles. The predicted molar refractivity (Wildman–Crippen MR) is 151 cm³/mol. The monoisotopic (exact) mass is 551 g/mol. The van der Waals surface area contributed by atoms with Crippen molar-refractivity contribution in [3.8, 4) is 5.75 Å². The third-order valence-corrected chi connectivity index (χ3v) is 11.5. The molecule has 3 saturated carbocycles. The van der Waals surface area contributed by atoms with Crippen LogP contribution in [0.2, 0.25) is 0 Å². The van der Waals surface area contributed by atoms with E-state index in [-0.39, 0.29) is 23.9 Å². The van der Waals surface area contributed by atoms with E-state index in [0.717, 1.165) is 50.0 Å². The Labute approximate surface area is 238 Å². The van der Waals surface area contributed by atoms with Gasteiger partial charge in [0, 0.05) is 25.0 Å². The first-order chi connectivity index (χ1) is 19.1. The van der Waals surface area contributed by atoms with Gasteiger partial charge in [-0.05, 0) is 73.5 Å². The summed E-state index contributed by atoms with van der Waals surface area (Å²) in [5.74, 6) is 1.06. The summed E-state index contributed by atoms with van der Waals surface area (Å²) >= 11 is 0. The smallest absolute Gasteiger partial charge is 0.315 e. The van der Waals surface area contributed by atoms with Gasteiger partial charge in [0.15, 0.2) is 6.29 Å². The molecule has 5 aliphatic rings. The van der Waals surface area contributed by atoms with Crippen LogP contribution < -0.4 is 4.74 Å². The highest BCUT2D eigenvalue weighted by Gasteiger charge is 2.84. The van der Waals surface area contributed by atoms with E-state index in [2.05, 4.69) is 50.8 Å². The number of aldehydes is 1. The maximum absolute atomic E-state index is 13.6. The lowest BCUT2D eigenvalue weighted by Gasteiger charge is -2.58. The maximum Gasteiger partial charge on any atom is 0.315 e. The Balaban J connectivity index is 1.29. The molecule has 1 aliphatic heterocycles. The van der Waals surface area contributed by atoms with E-state index < -0.39 is 28.5 Å². The number of carbonyl (C=O) groups excluding carboxylic acids is 1. The number of morpholine rings is 1. The number of hydrogen-bond acceptors (Lipinski definition) is 6. The molecule has 0 amide bonds. The van der Waals surface area contributed by atoms with Gasteiger partial charge < -0.3 is 24.1 Å². The highest BCUT2D eigenvalue weighted by Crippen LogP contribution is 2.82. The molecular formula is C33H45NO6. The van der Waals surface area contributed by atoms with Crippen LogP contribution in [-0.2, 0) is 25.6 Å². The highest BCUT2D eigenvalue weighted by atomic mass is 16.7. The van der Waals surface area contributed by atoms with Crippen LogP contribution in [0.1, 0.15) is 58.9 Å². The van der Waals surface area contributed by atoms with Crippen LogP contribution in [0.25, 0.3) is 0 Å². The molecule has 6 rings (SSSR count). The fraction of sp³-hybridized carbons (Fsp3) is 0.697. The summed E-state index contributed by atoms with van der Waals surface area (Å²) in [6.45, 7) is 11.0. The minimum Gasteiger partial charge on any atom is -0.497 e. The molecule has 4 bridgehead atoms. The van der Waals surface area contributed by atoms with Crippen molar-refractivity contribution in [2.75, 3.05) is 26.8 Å². The van der Waals surface area contributed by atoms with Crippen molar-refractivity contribution in [2.45, 2.75) is 72.3 Å². The van der Waals surface area contributed by atoms with Crippen LogP contribution >= 0.6 is 0 Å². The number of hydrogen-bond donors (Lipinski definition) is 1. The second-order valence-electron chi connectivity index (χ2n) is 13.7. The van der Waals surface area contributed by atoms with Gasteiger partial charge in [-0.3, -0.25) is 9.69 Å². The minimum atomic E-state index is -1.21. The lowest BCUT2D eigenvalue weighted by molar-refractivity contribution is -0.237. The van der Waals surface area contributed by atoms with Crippen LogP contribution in [0, 0.1) is 45.8 Å². The Kier molecular flexibility index (Phi) is 6.95. The Bertz CT molecular complexity index is 1180. The van der Waals surface area contributed by atoms with E-state index in [1.54, 1.807) is 7.11 Å². The van der Waals surface area contributed by atoms with Gasteiger partial charge >= 0.3 is 5.97 Å². The normalized spacial score (nSPS) is 42.1. The third-order valence-electron chi connectivity index (χ3n) is 11.5. The Morgan fingerprint density at radius 1 is 1.18 bits per heavy atom. The number of carbonyl (C=O) groups is 2. The summed E-state index contributed by atoms with van der Waals surface area (Å²) in [5, 5.41) is 11.2. The molecule has 1 heterocycles. The number of carboxylic acids is 1. The first kappa shape index (κ1) is 27.9. The van der Waals surface area contributed by atoms with Crippen molar-refractivity contribution in [3.63, 3.8) is 0 Å². The van der Waals surface area contributed by atoms with Crippen molar-refractivity contribution in [2.24, 2.45) is 45.8 Å². The number of rotatable bonds is 9. The Morgan fingerprint density at radius 2 is 1.93 bits per heavy atom. The van der Waals surface area contributed by atoms with Crippen LogP contribution in [0.5, 0.6) is 5.75 Å². The molecule has 4 aliphatic carbocycles. The number of fused-ring (bicyclic) bond motifs is 2. The summed E-state index contributed by atoms with van der Waals surface area (Å²) in [5.41, 5.74) is -0.570. The molecule has 0 spiro atoms. The summed E-state index contributed by atoms with van der Waals surface area (Å²) in [6.07, 6.45) is 6.29. The standard InChI is InChI=1S/C33H45NO6/c1-20(2)28-12-24-13-31(18-35)27-11-6-21(3)26(27)14-32(24,33(28,31)30(36)37)19-39-29-17-34(15-22(4)40-29)16-23-7-9-25(38-5)10-8-23/h7-10,12,18,20-22,24,26-27,29H,6,11,13-17,19H2,1-5H3,(H,36,37)/t21-,22-,24-,26-,27-,29-,31+,32?,33+/m1/s1. The summed E-state index contributed by atoms with van der Waals surface area (Å²) in [4.78, 5) is 29.2. The molecule has 7 heteroatoms. The molecule has 4 fully saturated rings. The first-order valence-electron chi connectivity index (χ1n) is 15.2. The van der Waals surface area contributed by atoms with Crippen molar-refractivity contribution >= 4 is 12.3 Å². The number of aliphatic carboxylic acids is 1. The second kappa shape index (κ2) is 9.95. The average molecular weight is 552 g/mol. The average Bonchev–Trinajstić information content (AvgIpc) is 3.49.